The second-order valence-corrected chi connectivity index (χ2v) is 5.82. The molecule has 0 atom stereocenters. The maximum Gasteiger partial charge on any atom is 0.340 e. The van der Waals surface area contributed by atoms with Crippen LogP contribution in [-0.2, 0) is 18.4 Å². The van der Waals surface area contributed by atoms with Crippen molar-refractivity contribution in [2.45, 2.75) is 26.4 Å². The van der Waals surface area contributed by atoms with Gasteiger partial charge in [-0.3, -0.25) is 4.68 Å². The van der Waals surface area contributed by atoms with Crippen molar-refractivity contribution < 1.29 is 9.53 Å². The summed E-state index contributed by atoms with van der Waals surface area (Å²) < 4.78 is 7.10. The maximum atomic E-state index is 12.3. The third-order valence-corrected chi connectivity index (χ3v) is 3.70. The molecule has 118 valence electrons. The number of carbonyl (C=O) groups excluding carboxylic acids is 1. The number of aryl methyl sites for hydroxylation is 1. The van der Waals surface area contributed by atoms with Gasteiger partial charge in [0.25, 0.3) is 0 Å². The van der Waals surface area contributed by atoms with Gasteiger partial charge in [-0.05, 0) is 17.5 Å². The Labute approximate surface area is 134 Å². The Morgan fingerprint density at radius 3 is 2.70 bits per heavy atom. The molecule has 5 heteroatoms. The molecule has 0 bridgehead atoms. The van der Waals surface area contributed by atoms with Gasteiger partial charge in [0.05, 0.1) is 11.3 Å². The molecular weight excluding hydrogens is 290 g/mol. The van der Waals surface area contributed by atoms with Crippen molar-refractivity contribution in [1.29, 1.82) is 0 Å². The predicted octanol–water partition coefficient (Wildman–Crippen LogP) is 3.45. The summed E-state index contributed by atoms with van der Waals surface area (Å²) in [5, 5.41) is 5.39. The largest absolute Gasteiger partial charge is 0.457 e. The van der Waals surface area contributed by atoms with Gasteiger partial charge in [-0.2, -0.15) is 5.10 Å². The van der Waals surface area contributed by atoms with Crippen LogP contribution in [-0.4, -0.2) is 20.7 Å². The number of rotatable bonds is 4. The van der Waals surface area contributed by atoms with Gasteiger partial charge in [0.2, 0.25) is 0 Å². The molecule has 3 rings (SSSR count). The highest BCUT2D eigenvalue weighted by Crippen LogP contribution is 2.24. The number of benzene rings is 1. The first-order valence-electron chi connectivity index (χ1n) is 7.60. The SMILES string of the molecule is CC(C)c1nn(C)c2ncc(C(=O)OCc3ccccc3)cc12. The Morgan fingerprint density at radius 2 is 2.00 bits per heavy atom. The Morgan fingerprint density at radius 1 is 1.26 bits per heavy atom. The van der Waals surface area contributed by atoms with Crippen LogP contribution >= 0.6 is 0 Å². The van der Waals surface area contributed by atoms with E-state index < -0.39 is 0 Å². The molecule has 0 aliphatic carbocycles. The van der Waals surface area contributed by atoms with E-state index in [4.69, 9.17) is 4.74 Å². The lowest BCUT2D eigenvalue weighted by Gasteiger charge is -2.05. The van der Waals surface area contributed by atoms with Gasteiger partial charge in [-0.25, -0.2) is 9.78 Å². The van der Waals surface area contributed by atoms with E-state index in [9.17, 15) is 4.79 Å². The molecule has 23 heavy (non-hydrogen) atoms. The zero-order valence-electron chi connectivity index (χ0n) is 13.5. The lowest BCUT2D eigenvalue weighted by molar-refractivity contribution is 0.0472. The van der Waals surface area contributed by atoms with Crippen LogP contribution in [0.3, 0.4) is 0 Å². The lowest BCUT2D eigenvalue weighted by atomic mass is 10.1. The normalized spacial score (nSPS) is 11.1. The van der Waals surface area contributed by atoms with E-state index in [1.807, 2.05) is 43.4 Å². The quantitative estimate of drug-likeness (QED) is 0.693. The Balaban J connectivity index is 1.85. The summed E-state index contributed by atoms with van der Waals surface area (Å²) in [6.45, 7) is 4.39. The Kier molecular flexibility index (Phi) is 4.10. The molecule has 0 saturated heterocycles. The van der Waals surface area contributed by atoms with Gasteiger partial charge < -0.3 is 4.74 Å². The zero-order valence-corrected chi connectivity index (χ0v) is 13.5. The fraction of sp³-hybridized carbons (Fsp3) is 0.278. The van der Waals surface area contributed by atoms with Crippen molar-refractivity contribution >= 4 is 17.0 Å². The highest BCUT2D eigenvalue weighted by molar-refractivity contribution is 5.93. The minimum atomic E-state index is -0.373. The summed E-state index contributed by atoms with van der Waals surface area (Å²) in [4.78, 5) is 16.6. The van der Waals surface area contributed by atoms with Crippen molar-refractivity contribution in [2.75, 3.05) is 0 Å². The lowest BCUT2D eigenvalue weighted by Crippen LogP contribution is -2.06. The first-order valence-corrected chi connectivity index (χ1v) is 7.60. The molecule has 2 aromatic heterocycles. The van der Waals surface area contributed by atoms with Crippen molar-refractivity contribution in [2.24, 2.45) is 7.05 Å². The molecule has 0 amide bonds. The number of nitrogens with zero attached hydrogens (tertiary/aromatic N) is 3. The van der Waals surface area contributed by atoms with E-state index in [0.29, 0.717) is 5.56 Å². The molecule has 5 nitrogen and oxygen atoms in total. The molecule has 0 fully saturated rings. The van der Waals surface area contributed by atoms with Crippen LogP contribution in [0.2, 0.25) is 0 Å². The average Bonchev–Trinajstić information content (AvgIpc) is 2.90. The van der Waals surface area contributed by atoms with Gasteiger partial charge in [0.1, 0.15) is 6.61 Å². The molecular formula is C18H19N3O2. The smallest absolute Gasteiger partial charge is 0.340 e. The van der Waals surface area contributed by atoms with E-state index in [2.05, 4.69) is 23.9 Å². The molecule has 2 heterocycles. The number of hydrogen-bond donors (Lipinski definition) is 0. The molecule has 0 radical (unpaired) electrons. The predicted molar refractivity (Wildman–Crippen MR) is 88.2 cm³/mol. The maximum absolute atomic E-state index is 12.3. The van der Waals surface area contributed by atoms with Crippen molar-refractivity contribution in [3.05, 3.63) is 59.4 Å². The molecule has 3 aromatic rings. The number of ether oxygens (including phenoxy) is 1. The van der Waals surface area contributed by atoms with Gasteiger partial charge >= 0.3 is 5.97 Å². The summed E-state index contributed by atoms with van der Waals surface area (Å²) in [6.07, 6.45) is 1.54. The number of fused-ring (bicyclic) bond motifs is 1. The second kappa shape index (κ2) is 6.20. The van der Waals surface area contributed by atoms with E-state index in [0.717, 1.165) is 22.3 Å². The summed E-state index contributed by atoms with van der Waals surface area (Å²) >= 11 is 0. The first-order chi connectivity index (χ1) is 11.1. The number of carbonyl (C=O) groups is 1. The third kappa shape index (κ3) is 3.08. The van der Waals surface area contributed by atoms with E-state index in [1.165, 1.54) is 0 Å². The molecule has 0 aliphatic heterocycles. The van der Waals surface area contributed by atoms with Crippen LogP contribution in [0.1, 0.15) is 41.4 Å². The monoisotopic (exact) mass is 309 g/mol. The number of hydrogen-bond acceptors (Lipinski definition) is 4. The number of pyridine rings is 1. The van der Waals surface area contributed by atoms with E-state index >= 15 is 0 Å². The van der Waals surface area contributed by atoms with Gasteiger partial charge in [-0.15, -0.1) is 0 Å². The van der Waals surface area contributed by atoms with Crippen molar-refractivity contribution in [3.8, 4) is 0 Å². The Bertz CT molecular complexity index is 838. The average molecular weight is 309 g/mol. The van der Waals surface area contributed by atoms with Crippen LogP contribution in [0.15, 0.2) is 42.6 Å². The molecule has 0 aliphatic rings. The van der Waals surface area contributed by atoms with Crippen LogP contribution < -0.4 is 0 Å². The van der Waals surface area contributed by atoms with Crippen LogP contribution in [0, 0.1) is 0 Å². The fourth-order valence-electron chi connectivity index (χ4n) is 2.51. The highest BCUT2D eigenvalue weighted by Gasteiger charge is 2.16. The highest BCUT2D eigenvalue weighted by atomic mass is 16.5. The first kappa shape index (κ1) is 15.2. The summed E-state index contributed by atoms with van der Waals surface area (Å²) in [5.41, 5.74) is 3.11. The summed E-state index contributed by atoms with van der Waals surface area (Å²) in [7, 11) is 1.86. The van der Waals surface area contributed by atoms with Crippen molar-refractivity contribution in [3.63, 3.8) is 0 Å². The van der Waals surface area contributed by atoms with E-state index in [1.54, 1.807) is 10.9 Å². The summed E-state index contributed by atoms with van der Waals surface area (Å²) in [5.74, 6) is -0.113. The van der Waals surface area contributed by atoms with E-state index in [-0.39, 0.29) is 18.5 Å². The minimum Gasteiger partial charge on any atom is -0.457 e. The van der Waals surface area contributed by atoms with Gasteiger partial charge in [-0.1, -0.05) is 44.2 Å². The summed E-state index contributed by atoms with van der Waals surface area (Å²) in [6, 6.07) is 11.4. The van der Waals surface area contributed by atoms with Gasteiger partial charge in [0, 0.05) is 18.6 Å². The minimum absolute atomic E-state index is 0.252. The number of aromatic nitrogens is 3. The van der Waals surface area contributed by atoms with Crippen LogP contribution in [0.25, 0.3) is 11.0 Å². The van der Waals surface area contributed by atoms with Crippen LogP contribution in [0.5, 0.6) is 0 Å². The van der Waals surface area contributed by atoms with Crippen molar-refractivity contribution in [1.82, 2.24) is 14.8 Å². The van der Waals surface area contributed by atoms with Crippen LogP contribution in [0.4, 0.5) is 0 Å². The Hall–Kier alpha value is -2.69. The second-order valence-electron chi connectivity index (χ2n) is 5.82. The topological polar surface area (TPSA) is 57.0 Å². The molecule has 1 aromatic carbocycles. The molecule has 0 saturated carbocycles. The molecule has 0 unspecified atom stereocenters. The molecule has 0 N–H and O–H groups in total. The third-order valence-electron chi connectivity index (χ3n) is 3.70. The number of esters is 1. The molecule has 0 spiro atoms. The zero-order chi connectivity index (χ0) is 16.4. The standard InChI is InChI=1S/C18H19N3O2/c1-12(2)16-15-9-14(10-19-17(15)21(3)20-16)18(22)23-11-13-7-5-4-6-8-13/h4-10,12H,11H2,1-3H3. The van der Waals surface area contributed by atoms with Gasteiger partial charge in [0.15, 0.2) is 5.65 Å². The fourth-order valence-corrected chi connectivity index (χ4v) is 2.51.